The lowest BCUT2D eigenvalue weighted by Crippen LogP contribution is -2.43. The highest BCUT2D eigenvalue weighted by Crippen LogP contribution is 2.31. The Hall–Kier alpha value is -3.25. The van der Waals surface area contributed by atoms with E-state index in [0.717, 1.165) is 37.8 Å². The molecule has 4 rings (SSSR count). The molecule has 0 radical (unpaired) electrons. The number of nitrogens with zero attached hydrogens (tertiary/aromatic N) is 3. The van der Waals surface area contributed by atoms with Crippen molar-refractivity contribution in [2.45, 2.75) is 49.7 Å². The fourth-order valence-corrected chi connectivity index (χ4v) is 5.74. The van der Waals surface area contributed by atoms with E-state index in [-0.39, 0.29) is 34.0 Å². The molecule has 8 nitrogen and oxygen atoms in total. The van der Waals surface area contributed by atoms with Gasteiger partial charge >= 0.3 is 12.2 Å². The number of aromatic nitrogens is 2. The summed E-state index contributed by atoms with van der Waals surface area (Å²) >= 11 is 0. The zero-order valence-electron chi connectivity index (χ0n) is 18.7. The largest absolute Gasteiger partial charge is 0.416 e. The van der Waals surface area contributed by atoms with E-state index >= 15 is 0 Å². The van der Waals surface area contributed by atoms with Gasteiger partial charge in [-0.1, -0.05) is 18.4 Å². The third-order valence-electron chi connectivity index (χ3n) is 5.87. The van der Waals surface area contributed by atoms with Gasteiger partial charge in [-0.25, -0.2) is 8.42 Å². The van der Waals surface area contributed by atoms with Crippen LogP contribution in [0.3, 0.4) is 0 Å². The number of alkyl halides is 3. The number of nitrogens with one attached hydrogen (secondary N) is 1. The molecule has 0 aliphatic carbocycles. The molecule has 1 fully saturated rings. The van der Waals surface area contributed by atoms with E-state index in [9.17, 15) is 26.4 Å². The molecule has 3 aromatic rings. The quantitative estimate of drug-likeness (QED) is 0.505. The van der Waals surface area contributed by atoms with Gasteiger partial charge in [0.2, 0.25) is 15.9 Å². The number of carbonyl (C=O) groups excluding carboxylic acids is 1. The molecule has 2 heterocycles. The van der Waals surface area contributed by atoms with Gasteiger partial charge in [-0.05, 0) is 67.8 Å². The molecule has 1 saturated heterocycles. The van der Waals surface area contributed by atoms with Gasteiger partial charge in [0.1, 0.15) is 0 Å². The van der Waals surface area contributed by atoms with Gasteiger partial charge < -0.3 is 4.42 Å². The fraction of sp³-hybridized carbons (Fsp3) is 0.348. The molecule has 1 unspecified atom stereocenters. The predicted octanol–water partition coefficient (Wildman–Crippen LogP) is 4.96. The minimum absolute atomic E-state index is 0.0342. The van der Waals surface area contributed by atoms with E-state index in [1.54, 1.807) is 0 Å². The van der Waals surface area contributed by atoms with Crippen LogP contribution in [0.2, 0.25) is 0 Å². The van der Waals surface area contributed by atoms with E-state index in [1.165, 1.54) is 40.7 Å². The molecule has 0 spiro atoms. The molecule has 1 amide bonds. The van der Waals surface area contributed by atoms with Crippen molar-refractivity contribution in [2.75, 3.05) is 11.9 Å². The molecule has 1 aromatic heterocycles. The molecule has 1 N–H and O–H groups in total. The first-order chi connectivity index (χ1) is 16.6. The Labute approximate surface area is 200 Å². The SMILES string of the molecule is CCC1CCCCN1S(=O)(=O)c1ccc(C(=O)Nc2nnc(-c3ccc(C(F)(F)F)cc3)o2)cc1. The van der Waals surface area contributed by atoms with E-state index < -0.39 is 27.7 Å². The number of halogens is 3. The van der Waals surface area contributed by atoms with Crippen LogP contribution in [0.5, 0.6) is 0 Å². The zero-order valence-corrected chi connectivity index (χ0v) is 19.6. The summed E-state index contributed by atoms with van der Waals surface area (Å²) in [6.07, 6.45) is -1.09. The van der Waals surface area contributed by atoms with Gasteiger partial charge in [0, 0.05) is 23.7 Å². The summed E-state index contributed by atoms with van der Waals surface area (Å²) in [4.78, 5) is 12.7. The molecule has 12 heteroatoms. The number of amides is 1. The fourth-order valence-electron chi connectivity index (χ4n) is 3.97. The van der Waals surface area contributed by atoms with Crippen molar-refractivity contribution < 1.29 is 30.8 Å². The van der Waals surface area contributed by atoms with Crippen LogP contribution < -0.4 is 5.32 Å². The Bertz CT molecular complexity index is 1290. The van der Waals surface area contributed by atoms with Crippen molar-refractivity contribution in [3.05, 3.63) is 59.7 Å². The molecule has 1 aliphatic rings. The lowest BCUT2D eigenvalue weighted by Gasteiger charge is -2.34. The first-order valence-electron chi connectivity index (χ1n) is 11.0. The van der Waals surface area contributed by atoms with Gasteiger partial charge in [-0.2, -0.15) is 17.5 Å². The van der Waals surface area contributed by atoms with Crippen LogP contribution in [0.4, 0.5) is 19.2 Å². The zero-order chi connectivity index (χ0) is 25.2. The van der Waals surface area contributed by atoms with Crippen molar-refractivity contribution >= 4 is 21.9 Å². The number of rotatable bonds is 6. The molecule has 186 valence electrons. The van der Waals surface area contributed by atoms with Crippen LogP contribution in [-0.4, -0.2) is 41.4 Å². The van der Waals surface area contributed by atoms with Crippen molar-refractivity contribution in [3.8, 4) is 11.5 Å². The van der Waals surface area contributed by atoms with Gasteiger partial charge in [0.05, 0.1) is 10.5 Å². The van der Waals surface area contributed by atoms with Crippen LogP contribution in [0.15, 0.2) is 57.8 Å². The van der Waals surface area contributed by atoms with Crippen LogP contribution in [0.1, 0.15) is 48.5 Å². The molecule has 0 saturated carbocycles. The second-order valence-corrected chi connectivity index (χ2v) is 10.0. The van der Waals surface area contributed by atoms with Gasteiger partial charge in [0.25, 0.3) is 5.91 Å². The van der Waals surface area contributed by atoms with Crippen molar-refractivity contribution in [2.24, 2.45) is 0 Å². The van der Waals surface area contributed by atoms with Crippen molar-refractivity contribution in [1.29, 1.82) is 0 Å². The highest BCUT2D eigenvalue weighted by molar-refractivity contribution is 7.89. The van der Waals surface area contributed by atoms with E-state index in [2.05, 4.69) is 15.5 Å². The van der Waals surface area contributed by atoms with Crippen LogP contribution in [0.25, 0.3) is 11.5 Å². The summed E-state index contributed by atoms with van der Waals surface area (Å²) in [5.74, 6) is -0.677. The molecular weight excluding hydrogens is 485 g/mol. The summed E-state index contributed by atoms with van der Waals surface area (Å²) in [7, 11) is -3.67. The minimum atomic E-state index is -4.47. The third kappa shape index (κ3) is 5.38. The minimum Gasteiger partial charge on any atom is -0.403 e. The van der Waals surface area contributed by atoms with Crippen LogP contribution in [-0.2, 0) is 16.2 Å². The summed E-state index contributed by atoms with van der Waals surface area (Å²) < 4.78 is 71.2. The highest BCUT2D eigenvalue weighted by Gasteiger charge is 2.32. The van der Waals surface area contributed by atoms with Crippen molar-refractivity contribution in [1.82, 2.24) is 14.5 Å². The van der Waals surface area contributed by atoms with Crippen LogP contribution in [0, 0.1) is 0 Å². The number of carbonyl (C=O) groups is 1. The first kappa shape index (κ1) is 24.9. The normalized spacial score (nSPS) is 17.3. The smallest absolute Gasteiger partial charge is 0.403 e. The predicted molar refractivity (Wildman–Crippen MR) is 121 cm³/mol. The summed E-state index contributed by atoms with van der Waals surface area (Å²) in [5.41, 5.74) is -0.391. The number of piperidine rings is 1. The maximum Gasteiger partial charge on any atom is 0.416 e. The average molecular weight is 509 g/mol. The monoisotopic (exact) mass is 508 g/mol. The number of hydrogen-bond donors (Lipinski definition) is 1. The molecule has 1 aliphatic heterocycles. The second kappa shape index (κ2) is 9.78. The molecular formula is C23H23F3N4O4S. The van der Waals surface area contributed by atoms with E-state index in [0.29, 0.717) is 6.54 Å². The topological polar surface area (TPSA) is 105 Å². The maximum absolute atomic E-state index is 13.1. The number of sulfonamides is 1. The third-order valence-corrected chi connectivity index (χ3v) is 7.84. The standard InChI is InChI=1S/C23H23F3N4O4S/c1-2-18-5-3-4-14-30(18)35(32,33)19-12-8-15(9-13-19)20(31)27-22-29-28-21(34-22)16-6-10-17(11-7-16)23(24,25)26/h6-13,18H,2-5,14H2,1H3,(H,27,29,31). The number of hydrogen-bond acceptors (Lipinski definition) is 6. The number of anilines is 1. The first-order valence-corrected chi connectivity index (χ1v) is 12.5. The summed E-state index contributed by atoms with van der Waals surface area (Å²) in [5, 5.41) is 9.84. The second-order valence-electron chi connectivity index (χ2n) is 8.14. The van der Waals surface area contributed by atoms with Gasteiger partial charge in [-0.15, -0.1) is 5.10 Å². The average Bonchev–Trinajstić information content (AvgIpc) is 3.32. The van der Waals surface area contributed by atoms with Crippen molar-refractivity contribution in [3.63, 3.8) is 0 Å². The highest BCUT2D eigenvalue weighted by atomic mass is 32.2. The molecule has 2 aromatic carbocycles. The Balaban J connectivity index is 1.44. The molecule has 1 atom stereocenters. The lowest BCUT2D eigenvalue weighted by atomic mass is 10.0. The molecule has 35 heavy (non-hydrogen) atoms. The van der Waals surface area contributed by atoms with E-state index in [4.69, 9.17) is 4.42 Å². The Morgan fingerprint density at radius 2 is 1.77 bits per heavy atom. The summed E-state index contributed by atoms with van der Waals surface area (Å²) in [6, 6.07) is 9.41. The van der Waals surface area contributed by atoms with E-state index in [1.807, 2.05) is 6.92 Å². The molecule has 0 bridgehead atoms. The Morgan fingerprint density at radius 1 is 1.09 bits per heavy atom. The van der Waals surface area contributed by atoms with Crippen LogP contribution >= 0.6 is 0 Å². The summed E-state index contributed by atoms with van der Waals surface area (Å²) in [6.45, 7) is 2.44. The van der Waals surface area contributed by atoms with Gasteiger partial charge in [-0.3, -0.25) is 10.1 Å². The van der Waals surface area contributed by atoms with Gasteiger partial charge in [0.15, 0.2) is 0 Å². The lowest BCUT2D eigenvalue weighted by molar-refractivity contribution is -0.137. The Morgan fingerprint density at radius 3 is 2.40 bits per heavy atom. The Kier molecular flexibility index (Phi) is 6.95. The maximum atomic E-state index is 13.1. The number of benzene rings is 2.